The summed E-state index contributed by atoms with van der Waals surface area (Å²) in [7, 11) is 0. The summed E-state index contributed by atoms with van der Waals surface area (Å²) in [5.41, 5.74) is 4.13. The Morgan fingerprint density at radius 2 is 2.00 bits per heavy atom. The smallest absolute Gasteiger partial charge is 0.0720 e. The van der Waals surface area contributed by atoms with Crippen LogP contribution in [0.4, 0.5) is 0 Å². The molecule has 0 bridgehead atoms. The molecule has 0 atom stereocenters. The number of hydrogen-bond acceptors (Lipinski definition) is 2. The van der Waals surface area contributed by atoms with Gasteiger partial charge >= 0.3 is 0 Å². The maximum atomic E-state index is 5.57. The summed E-state index contributed by atoms with van der Waals surface area (Å²) in [6.07, 6.45) is 0.307. The SMILES string of the molecule is CC(C)OCc1ccc2c(c1)CNC2.Cl. The molecule has 15 heavy (non-hydrogen) atoms. The molecule has 0 spiro atoms. The van der Waals surface area contributed by atoms with Crippen LogP contribution in [0, 0.1) is 0 Å². The Hall–Kier alpha value is -0.570. The van der Waals surface area contributed by atoms with Crippen molar-refractivity contribution in [2.45, 2.75) is 39.6 Å². The number of halogens is 1. The van der Waals surface area contributed by atoms with E-state index in [0.717, 1.165) is 19.7 Å². The summed E-state index contributed by atoms with van der Waals surface area (Å²) in [5.74, 6) is 0. The fraction of sp³-hybridized carbons (Fsp3) is 0.500. The van der Waals surface area contributed by atoms with Gasteiger partial charge in [0.05, 0.1) is 12.7 Å². The third-order valence-corrected chi connectivity index (χ3v) is 2.48. The topological polar surface area (TPSA) is 21.3 Å². The molecule has 1 heterocycles. The number of nitrogens with one attached hydrogen (secondary N) is 1. The summed E-state index contributed by atoms with van der Waals surface area (Å²) in [6, 6.07) is 6.61. The maximum Gasteiger partial charge on any atom is 0.0720 e. The van der Waals surface area contributed by atoms with Gasteiger partial charge in [0.25, 0.3) is 0 Å². The van der Waals surface area contributed by atoms with Crippen LogP contribution in [-0.2, 0) is 24.4 Å². The van der Waals surface area contributed by atoms with Crippen LogP contribution in [0.25, 0.3) is 0 Å². The van der Waals surface area contributed by atoms with Crippen LogP contribution in [0.15, 0.2) is 18.2 Å². The van der Waals surface area contributed by atoms with E-state index in [0.29, 0.717) is 6.10 Å². The van der Waals surface area contributed by atoms with E-state index in [4.69, 9.17) is 4.74 Å². The predicted molar refractivity (Wildman–Crippen MR) is 64.2 cm³/mol. The van der Waals surface area contributed by atoms with Gasteiger partial charge in [0.15, 0.2) is 0 Å². The molecule has 0 fully saturated rings. The number of benzene rings is 1. The van der Waals surface area contributed by atoms with E-state index in [1.165, 1.54) is 16.7 Å². The molecular weight excluding hydrogens is 210 g/mol. The second-order valence-corrected chi connectivity index (χ2v) is 4.07. The largest absolute Gasteiger partial charge is 0.374 e. The number of ether oxygens (including phenoxy) is 1. The Bertz CT molecular complexity index is 325. The fourth-order valence-corrected chi connectivity index (χ4v) is 1.70. The van der Waals surface area contributed by atoms with Gasteiger partial charge in [-0.2, -0.15) is 0 Å². The first-order valence-corrected chi connectivity index (χ1v) is 5.18. The Morgan fingerprint density at radius 1 is 1.27 bits per heavy atom. The zero-order valence-corrected chi connectivity index (χ0v) is 10.1. The van der Waals surface area contributed by atoms with E-state index >= 15 is 0 Å². The number of fused-ring (bicyclic) bond motifs is 1. The van der Waals surface area contributed by atoms with Crippen molar-refractivity contribution in [3.8, 4) is 0 Å². The van der Waals surface area contributed by atoms with Gasteiger partial charge in [-0.1, -0.05) is 18.2 Å². The minimum Gasteiger partial charge on any atom is -0.374 e. The van der Waals surface area contributed by atoms with Crippen LogP contribution in [0.2, 0.25) is 0 Å². The van der Waals surface area contributed by atoms with E-state index in [-0.39, 0.29) is 12.4 Å². The van der Waals surface area contributed by atoms with Crippen molar-refractivity contribution in [2.24, 2.45) is 0 Å². The van der Waals surface area contributed by atoms with Crippen molar-refractivity contribution in [1.82, 2.24) is 5.32 Å². The minimum atomic E-state index is 0. The molecule has 0 aliphatic carbocycles. The molecule has 1 aliphatic rings. The lowest BCUT2D eigenvalue weighted by molar-refractivity contribution is 0.0657. The molecular formula is C12H18ClNO. The van der Waals surface area contributed by atoms with Crippen molar-refractivity contribution in [1.29, 1.82) is 0 Å². The number of rotatable bonds is 3. The van der Waals surface area contributed by atoms with Crippen LogP contribution >= 0.6 is 12.4 Å². The van der Waals surface area contributed by atoms with Crippen LogP contribution in [0.3, 0.4) is 0 Å². The lowest BCUT2D eigenvalue weighted by atomic mass is 10.1. The van der Waals surface area contributed by atoms with Crippen LogP contribution in [0.1, 0.15) is 30.5 Å². The molecule has 1 N–H and O–H groups in total. The van der Waals surface area contributed by atoms with Crippen LogP contribution in [-0.4, -0.2) is 6.10 Å². The van der Waals surface area contributed by atoms with Gasteiger partial charge in [-0.05, 0) is 30.5 Å². The summed E-state index contributed by atoms with van der Waals surface area (Å²) in [6.45, 7) is 6.88. The van der Waals surface area contributed by atoms with Gasteiger partial charge in [0.2, 0.25) is 0 Å². The van der Waals surface area contributed by atoms with E-state index in [1.54, 1.807) is 0 Å². The van der Waals surface area contributed by atoms with Crippen molar-refractivity contribution in [2.75, 3.05) is 0 Å². The first-order chi connectivity index (χ1) is 6.75. The van der Waals surface area contributed by atoms with Crippen molar-refractivity contribution < 1.29 is 4.74 Å². The molecule has 84 valence electrons. The summed E-state index contributed by atoms with van der Waals surface area (Å²) >= 11 is 0. The number of hydrogen-bond donors (Lipinski definition) is 1. The van der Waals surface area contributed by atoms with Crippen molar-refractivity contribution in [3.63, 3.8) is 0 Å². The summed E-state index contributed by atoms with van der Waals surface area (Å²) in [4.78, 5) is 0. The average Bonchev–Trinajstić information content (AvgIpc) is 2.61. The van der Waals surface area contributed by atoms with Gasteiger partial charge in [-0.25, -0.2) is 0 Å². The molecule has 0 unspecified atom stereocenters. The fourth-order valence-electron chi connectivity index (χ4n) is 1.70. The summed E-state index contributed by atoms with van der Waals surface area (Å²) < 4.78 is 5.57. The quantitative estimate of drug-likeness (QED) is 0.857. The highest BCUT2D eigenvalue weighted by Crippen LogP contribution is 2.17. The Balaban J connectivity index is 0.00000112. The molecule has 1 aromatic rings. The van der Waals surface area contributed by atoms with Gasteiger partial charge in [0, 0.05) is 13.1 Å². The van der Waals surface area contributed by atoms with Gasteiger partial charge in [-0.3, -0.25) is 0 Å². The molecule has 0 saturated heterocycles. The second kappa shape index (κ2) is 5.50. The zero-order valence-electron chi connectivity index (χ0n) is 9.25. The lowest BCUT2D eigenvalue weighted by Gasteiger charge is -2.08. The van der Waals surface area contributed by atoms with E-state index in [2.05, 4.69) is 37.4 Å². The van der Waals surface area contributed by atoms with E-state index in [1.807, 2.05) is 0 Å². The normalized spacial score (nSPS) is 13.8. The second-order valence-electron chi connectivity index (χ2n) is 4.07. The Kier molecular flexibility index (Phi) is 4.58. The van der Waals surface area contributed by atoms with Crippen LogP contribution in [0.5, 0.6) is 0 Å². The highest BCUT2D eigenvalue weighted by atomic mass is 35.5. The summed E-state index contributed by atoms with van der Waals surface area (Å²) in [5, 5.41) is 3.34. The molecule has 0 amide bonds. The molecule has 1 aliphatic heterocycles. The molecule has 0 saturated carbocycles. The standard InChI is InChI=1S/C12H17NO.ClH/c1-9(2)14-8-10-3-4-11-6-13-7-12(11)5-10;/h3-5,9,13H,6-8H2,1-2H3;1H. The third-order valence-electron chi connectivity index (χ3n) is 2.48. The van der Waals surface area contributed by atoms with Crippen molar-refractivity contribution >= 4 is 12.4 Å². The molecule has 3 heteroatoms. The van der Waals surface area contributed by atoms with Crippen LogP contribution < -0.4 is 5.32 Å². The minimum absolute atomic E-state index is 0. The first-order valence-electron chi connectivity index (χ1n) is 5.18. The first kappa shape index (κ1) is 12.5. The van der Waals surface area contributed by atoms with E-state index in [9.17, 15) is 0 Å². The molecule has 1 aromatic carbocycles. The molecule has 0 aromatic heterocycles. The zero-order chi connectivity index (χ0) is 9.97. The third kappa shape index (κ3) is 3.20. The monoisotopic (exact) mass is 227 g/mol. The highest BCUT2D eigenvalue weighted by molar-refractivity contribution is 5.85. The lowest BCUT2D eigenvalue weighted by Crippen LogP contribution is -2.02. The molecule has 0 radical (unpaired) electrons. The Morgan fingerprint density at radius 3 is 2.73 bits per heavy atom. The molecule has 2 nitrogen and oxygen atoms in total. The van der Waals surface area contributed by atoms with E-state index < -0.39 is 0 Å². The average molecular weight is 228 g/mol. The van der Waals surface area contributed by atoms with Crippen molar-refractivity contribution in [3.05, 3.63) is 34.9 Å². The maximum absolute atomic E-state index is 5.57. The van der Waals surface area contributed by atoms with Gasteiger partial charge < -0.3 is 10.1 Å². The predicted octanol–water partition coefficient (Wildman–Crippen LogP) is 2.64. The van der Waals surface area contributed by atoms with Gasteiger partial charge in [0.1, 0.15) is 0 Å². The Labute approximate surface area is 97.4 Å². The van der Waals surface area contributed by atoms with Gasteiger partial charge in [-0.15, -0.1) is 12.4 Å². The molecule has 2 rings (SSSR count). The highest BCUT2D eigenvalue weighted by Gasteiger charge is 2.09.